The highest BCUT2D eigenvalue weighted by Gasteiger charge is 2.21. The standard InChI is InChI=1S/C14H23N3O/c1-2-14-16-12-9-15-6-3-13(12)17(14)7-4-11-5-8-18-10-11/h11,15H,2-10H2,1H3. The predicted molar refractivity (Wildman–Crippen MR) is 70.6 cm³/mol. The monoisotopic (exact) mass is 249 g/mol. The maximum atomic E-state index is 5.46. The molecule has 3 heterocycles. The first kappa shape index (κ1) is 12.2. The Morgan fingerprint density at radius 1 is 1.50 bits per heavy atom. The number of rotatable bonds is 4. The maximum absolute atomic E-state index is 5.46. The fourth-order valence-corrected chi connectivity index (χ4v) is 3.08. The van der Waals surface area contributed by atoms with Crippen LogP contribution in [0.3, 0.4) is 0 Å². The molecule has 0 saturated carbocycles. The van der Waals surface area contributed by atoms with Gasteiger partial charge in [-0.15, -0.1) is 0 Å². The lowest BCUT2D eigenvalue weighted by Gasteiger charge is -2.17. The van der Waals surface area contributed by atoms with Crippen molar-refractivity contribution in [2.24, 2.45) is 5.92 Å². The Labute approximate surface area is 109 Å². The van der Waals surface area contributed by atoms with Crippen molar-refractivity contribution in [3.63, 3.8) is 0 Å². The first-order valence-corrected chi connectivity index (χ1v) is 7.24. The highest BCUT2D eigenvalue weighted by Crippen LogP contribution is 2.21. The number of aromatic nitrogens is 2. The molecule has 1 saturated heterocycles. The average molecular weight is 249 g/mol. The van der Waals surface area contributed by atoms with Gasteiger partial charge in [0, 0.05) is 51.4 Å². The van der Waals surface area contributed by atoms with E-state index in [1.54, 1.807) is 0 Å². The molecule has 1 atom stereocenters. The second-order valence-corrected chi connectivity index (χ2v) is 5.37. The van der Waals surface area contributed by atoms with Crippen LogP contribution in [0.25, 0.3) is 0 Å². The van der Waals surface area contributed by atoms with E-state index in [0.29, 0.717) is 0 Å². The van der Waals surface area contributed by atoms with Crippen LogP contribution >= 0.6 is 0 Å². The van der Waals surface area contributed by atoms with Gasteiger partial charge in [-0.1, -0.05) is 6.92 Å². The molecule has 0 spiro atoms. The summed E-state index contributed by atoms with van der Waals surface area (Å²) in [7, 11) is 0. The van der Waals surface area contributed by atoms with Crippen LogP contribution in [0.4, 0.5) is 0 Å². The number of fused-ring (bicyclic) bond motifs is 1. The van der Waals surface area contributed by atoms with Gasteiger partial charge in [-0.3, -0.25) is 0 Å². The van der Waals surface area contributed by atoms with E-state index in [2.05, 4.69) is 16.8 Å². The first-order valence-electron chi connectivity index (χ1n) is 7.24. The van der Waals surface area contributed by atoms with Gasteiger partial charge >= 0.3 is 0 Å². The molecule has 1 fully saturated rings. The summed E-state index contributed by atoms with van der Waals surface area (Å²) in [5.41, 5.74) is 2.75. The quantitative estimate of drug-likeness (QED) is 0.879. The summed E-state index contributed by atoms with van der Waals surface area (Å²) >= 11 is 0. The van der Waals surface area contributed by atoms with Crippen molar-refractivity contribution in [2.75, 3.05) is 19.8 Å². The molecule has 1 aromatic rings. The van der Waals surface area contributed by atoms with Crippen LogP contribution in [0.5, 0.6) is 0 Å². The minimum absolute atomic E-state index is 0.759. The number of nitrogens with one attached hydrogen (secondary N) is 1. The zero-order chi connectivity index (χ0) is 12.4. The number of imidazole rings is 1. The Balaban J connectivity index is 1.74. The predicted octanol–water partition coefficient (Wildman–Crippen LogP) is 1.52. The Morgan fingerprint density at radius 2 is 2.44 bits per heavy atom. The number of aryl methyl sites for hydroxylation is 1. The zero-order valence-corrected chi connectivity index (χ0v) is 11.2. The normalized spacial score (nSPS) is 23.3. The molecular formula is C14H23N3O. The smallest absolute Gasteiger partial charge is 0.108 e. The lowest BCUT2D eigenvalue weighted by Crippen LogP contribution is -2.25. The highest BCUT2D eigenvalue weighted by molar-refractivity contribution is 5.20. The Morgan fingerprint density at radius 3 is 3.22 bits per heavy atom. The molecule has 0 radical (unpaired) electrons. The topological polar surface area (TPSA) is 39.1 Å². The molecule has 1 aromatic heterocycles. The molecule has 4 nitrogen and oxygen atoms in total. The van der Waals surface area contributed by atoms with Gasteiger partial charge < -0.3 is 14.6 Å². The van der Waals surface area contributed by atoms with Gasteiger partial charge in [0.05, 0.1) is 5.69 Å². The fourth-order valence-electron chi connectivity index (χ4n) is 3.08. The molecule has 100 valence electrons. The van der Waals surface area contributed by atoms with Crippen molar-refractivity contribution < 1.29 is 4.74 Å². The van der Waals surface area contributed by atoms with Gasteiger partial charge in [0.2, 0.25) is 0 Å². The number of hydrogen-bond acceptors (Lipinski definition) is 3. The molecule has 3 rings (SSSR count). The molecular weight excluding hydrogens is 226 g/mol. The van der Waals surface area contributed by atoms with Gasteiger partial charge in [-0.2, -0.15) is 0 Å². The van der Waals surface area contributed by atoms with Crippen LogP contribution in [0.2, 0.25) is 0 Å². The van der Waals surface area contributed by atoms with Crippen LogP contribution in [0.1, 0.15) is 37.0 Å². The van der Waals surface area contributed by atoms with Crippen molar-refractivity contribution in [1.29, 1.82) is 0 Å². The van der Waals surface area contributed by atoms with E-state index in [-0.39, 0.29) is 0 Å². The molecule has 4 heteroatoms. The van der Waals surface area contributed by atoms with E-state index in [1.165, 1.54) is 30.1 Å². The Bertz CT molecular complexity index is 407. The fraction of sp³-hybridized carbons (Fsp3) is 0.786. The number of ether oxygens (including phenoxy) is 1. The van der Waals surface area contributed by atoms with Gasteiger partial charge in [0.15, 0.2) is 0 Å². The minimum Gasteiger partial charge on any atom is -0.381 e. The molecule has 0 aromatic carbocycles. The molecule has 1 unspecified atom stereocenters. The van der Waals surface area contributed by atoms with Crippen molar-refractivity contribution in [3.05, 3.63) is 17.2 Å². The number of hydrogen-bond donors (Lipinski definition) is 1. The van der Waals surface area contributed by atoms with Crippen LogP contribution in [0, 0.1) is 5.92 Å². The van der Waals surface area contributed by atoms with E-state index in [1.807, 2.05) is 0 Å². The largest absolute Gasteiger partial charge is 0.381 e. The summed E-state index contributed by atoms with van der Waals surface area (Å²) in [5, 5.41) is 3.41. The van der Waals surface area contributed by atoms with Gasteiger partial charge in [-0.05, 0) is 18.8 Å². The molecule has 2 aliphatic rings. The Kier molecular flexibility index (Phi) is 3.66. The highest BCUT2D eigenvalue weighted by atomic mass is 16.5. The second kappa shape index (κ2) is 5.41. The van der Waals surface area contributed by atoms with Crippen molar-refractivity contribution in [3.8, 4) is 0 Å². The summed E-state index contributed by atoms with van der Waals surface area (Å²) in [6.07, 6.45) is 4.64. The van der Waals surface area contributed by atoms with Gasteiger partial charge in [-0.25, -0.2) is 4.98 Å². The first-order chi connectivity index (χ1) is 8.88. The van der Waals surface area contributed by atoms with E-state index >= 15 is 0 Å². The molecule has 2 aliphatic heterocycles. The molecule has 1 N–H and O–H groups in total. The van der Waals surface area contributed by atoms with E-state index in [0.717, 1.165) is 51.6 Å². The third-order valence-corrected chi connectivity index (χ3v) is 4.17. The lowest BCUT2D eigenvalue weighted by molar-refractivity contribution is 0.183. The minimum atomic E-state index is 0.759. The van der Waals surface area contributed by atoms with Crippen molar-refractivity contribution >= 4 is 0 Å². The molecule has 18 heavy (non-hydrogen) atoms. The SMILES string of the molecule is CCc1nc2c(n1CCC1CCOC1)CCNC2. The second-order valence-electron chi connectivity index (χ2n) is 5.37. The summed E-state index contributed by atoms with van der Waals surface area (Å²) in [6.45, 7) is 7.28. The van der Waals surface area contributed by atoms with E-state index in [9.17, 15) is 0 Å². The average Bonchev–Trinajstić information content (AvgIpc) is 3.03. The van der Waals surface area contributed by atoms with Crippen LogP contribution < -0.4 is 5.32 Å². The van der Waals surface area contributed by atoms with Crippen LogP contribution in [-0.4, -0.2) is 29.3 Å². The van der Waals surface area contributed by atoms with Gasteiger partial charge in [0.1, 0.15) is 5.82 Å². The number of nitrogens with zero attached hydrogens (tertiary/aromatic N) is 2. The van der Waals surface area contributed by atoms with E-state index < -0.39 is 0 Å². The zero-order valence-electron chi connectivity index (χ0n) is 11.2. The van der Waals surface area contributed by atoms with Crippen LogP contribution in [-0.2, 0) is 30.7 Å². The summed E-state index contributed by atoms with van der Waals surface area (Å²) < 4.78 is 7.94. The van der Waals surface area contributed by atoms with Crippen molar-refractivity contribution in [1.82, 2.24) is 14.9 Å². The molecule has 0 aliphatic carbocycles. The summed E-state index contributed by atoms with van der Waals surface area (Å²) in [6, 6.07) is 0. The van der Waals surface area contributed by atoms with Crippen molar-refractivity contribution in [2.45, 2.75) is 45.7 Å². The van der Waals surface area contributed by atoms with E-state index in [4.69, 9.17) is 9.72 Å². The molecule has 0 bridgehead atoms. The summed E-state index contributed by atoms with van der Waals surface area (Å²) in [4.78, 5) is 4.78. The maximum Gasteiger partial charge on any atom is 0.108 e. The summed E-state index contributed by atoms with van der Waals surface area (Å²) in [5.74, 6) is 2.03. The van der Waals surface area contributed by atoms with Gasteiger partial charge in [0.25, 0.3) is 0 Å². The lowest BCUT2D eigenvalue weighted by atomic mass is 10.0. The third kappa shape index (κ3) is 2.31. The third-order valence-electron chi connectivity index (χ3n) is 4.17. The van der Waals surface area contributed by atoms with Crippen LogP contribution in [0.15, 0.2) is 0 Å². The Hall–Kier alpha value is -0.870. The molecule has 0 amide bonds.